The molecule has 0 heterocycles. The number of rotatable bonds is 25. The summed E-state index contributed by atoms with van der Waals surface area (Å²) in [7, 11) is 2.26. The monoisotopic (exact) mass is 472 g/mol. The van der Waals surface area contributed by atoms with Gasteiger partial charge in [-0.2, -0.15) is 0 Å². The van der Waals surface area contributed by atoms with Gasteiger partial charge in [0.05, 0.1) is 6.61 Å². The predicted molar refractivity (Wildman–Crippen MR) is 143 cm³/mol. The standard InChI is InChI=1S/C28H57O3P/c1-4-7-10-13-15-16-18-20-23-26(22-19-17-14-11-8-5-2)25-30-28(29)27(31-32)24-21-12-9-6-3/h26-27H,4-25,32H2,1-3H3. The number of esters is 1. The molecule has 0 aromatic carbocycles. The molecule has 3 atom stereocenters. The summed E-state index contributed by atoms with van der Waals surface area (Å²) in [6.07, 6.45) is 26.1. The molecular formula is C28H57O3P. The molecular weight excluding hydrogens is 415 g/mol. The highest BCUT2D eigenvalue weighted by molar-refractivity contribution is 7.09. The fraction of sp³-hybridized carbons (Fsp3) is 0.964. The number of carbonyl (C=O) groups excluding carboxylic acids is 1. The number of ether oxygens (including phenoxy) is 1. The SMILES string of the molecule is CCCCCCCCCCC(CCCCCCCC)COC(=O)C(CCCCCC)OP. The molecule has 0 aliphatic carbocycles. The molecule has 4 heteroatoms. The zero-order valence-electron chi connectivity index (χ0n) is 22.0. The molecule has 3 nitrogen and oxygen atoms in total. The van der Waals surface area contributed by atoms with Crippen LogP contribution < -0.4 is 0 Å². The van der Waals surface area contributed by atoms with Gasteiger partial charge in [-0.1, -0.05) is 136 Å². The minimum Gasteiger partial charge on any atom is -0.463 e. The summed E-state index contributed by atoms with van der Waals surface area (Å²) in [6, 6.07) is 0. The summed E-state index contributed by atoms with van der Waals surface area (Å²) in [5.74, 6) is 0.343. The summed E-state index contributed by atoms with van der Waals surface area (Å²) < 4.78 is 11.1. The van der Waals surface area contributed by atoms with E-state index < -0.39 is 6.10 Å². The lowest BCUT2D eigenvalue weighted by Crippen LogP contribution is -2.26. The fourth-order valence-electron chi connectivity index (χ4n) is 4.38. The average Bonchev–Trinajstić information content (AvgIpc) is 2.80. The summed E-state index contributed by atoms with van der Waals surface area (Å²) in [4.78, 5) is 12.5. The van der Waals surface area contributed by atoms with Crippen LogP contribution in [-0.4, -0.2) is 18.7 Å². The second-order valence-electron chi connectivity index (χ2n) is 9.79. The van der Waals surface area contributed by atoms with E-state index in [9.17, 15) is 4.79 Å². The van der Waals surface area contributed by atoms with E-state index in [0.29, 0.717) is 12.5 Å². The lowest BCUT2D eigenvalue weighted by Gasteiger charge is -2.20. The molecule has 0 aliphatic heterocycles. The van der Waals surface area contributed by atoms with E-state index in [0.717, 1.165) is 19.3 Å². The van der Waals surface area contributed by atoms with Gasteiger partial charge in [-0.15, -0.1) is 0 Å². The Kier molecular flexibility index (Phi) is 25.4. The molecule has 3 unspecified atom stereocenters. The van der Waals surface area contributed by atoms with Crippen LogP contribution in [0.2, 0.25) is 0 Å². The van der Waals surface area contributed by atoms with Crippen LogP contribution in [0.15, 0.2) is 0 Å². The van der Waals surface area contributed by atoms with Crippen molar-refractivity contribution < 1.29 is 14.1 Å². The van der Waals surface area contributed by atoms with E-state index in [1.165, 1.54) is 116 Å². The van der Waals surface area contributed by atoms with Crippen LogP contribution in [0.4, 0.5) is 0 Å². The molecule has 0 rings (SSSR count). The van der Waals surface area contributed by atoms with E-state index in [-0.39, 0.29) is 5.97 Å². The Morgan fingerprint density at radius 2 is 0.969 bits per heavy atom. The summed E-state index contributed by atoms with van der Waals surface area (Å²) in [5.41, 5.74) is 0. The van der Waals surface area contributed by atoms with Crippen molar-refractivity contribution in [3.63, 3.8) is 0 Å². The first-order chi connectivity index (χ1) is 15.7. The topological polar surface area (TPSA) is 35.5 Å². The van der Waals surface area contributed by atoms with Crippen molar-refractivity contribution in [2.45, 2.75) is 162 Å². The van der Waals surface area contributed by atoms with Gasteiger partial charge in [0.1, 0.15) is 0 Å². The van der Waals surface area contributed by atoms with Crippen molar-refractivity contribution in [3.8, 4) is 0 Å². The van der Waals surface area contributed by atoms with Gasteiger partial charge < -0.3 is 9.26 Å². The van der Waals surface area contributed by atoms with Gasteiger partial charge >= 0.3 is 5.97 Å². The van der Waals surface area contributed by atoms with E-state index in [4.69, 9.17) is 9.26 Å². The normalized spacial score (nSPS) is 13.2. The van der Waals surface area contributed by atoms with Crippen LogP contribution in [0, 0.1) is 5.92 Å². The van der Waals surface area contributed by atoms with Gasteiger partial charge in [0, 0.05) is 9.47 Å². The fourth-order valence-corrected chi connectivity index (χ4v) is 4.63. The smallest absolute Gasteiger partial charge is 0.335 e. The molecule has 0 aromatic heterocycles. The quantitative estimate of drug-likeness (QED) is 0.0753. The molecule has 32 heavy (non-hydrogen) atoms. The maximum Gasteiger partial charge on any atom is 0.335 e. The minimum absolute atomic E-state index is 0.166. The summed E-state index contributed by atoms with van der Waals surface area (Å²) >= 11 is 0. The Morgan fingerprint density at radius 1 is 0.594 bits per heavy atom. The van der Waals surface area contributed by atoms with Gasteiger partial charge in [-0.05, 0) is 25.2 Å². The maximum absolute atomic E-state index is 12.5. The highest BCUT2D eigenvalue weighted by atomic mass is 31.0. The van der Waals surface area contributed by atoms with Crippen LogP contribution in [0.25, 0.3) is 0 Å². The molecule has 0 amide bonds. The third kappa shape index (κ3) is 20.5. The van der Waals surface area contributed by atoms with Gasteiger partial charge in [-0.3, -0.25) is 0 Å². The third-order valence-electron chi connectivity index (χ3n) is 6.64. The average molecular weight is 473 g/mol. The van der Waals surface area contributed by atoms with E-state index in [1.807, 2.05) is 0 Å². The Bertz CT molecular complexity index is 389. The lowest BCUT2D eigenvalue weighted by molar-refractivity contribution is -0.153. The molecule has 0 bridgehead atoms. The van der Waals surface area contributed by atoms with Crippen LogP contribution in [0.5, 0.6) is 0 Å². The zero-order valence-corrected chi connectivity index (χ0v) is 23.2. The first-order valence-electron chi connectivity index (χ1n) is 14.2. The Labute approximate surface area is 203 Å². The van der Waals surface area contributed by atoms with Crippen molar-refractivity contribution in [1.29, 1.82) is 0 Å². The van der Waals surface area contributed by atoms with Gasteiger partial charge in [0.2, 0.25) is 0 Å². The molecule has 0 aromatic rings. The Morgan fingerprint density at radius 3 is 1.41 bits per heavy atom. The number of unbranched alkanes of at least 4 members (excludes halogenated alkanes) is 15. The highest BCUT2D eigenvalue weighted by Gasteiger charge is 2.21. The number of carbonyl (C=O) groups is 1. The molecule has 0 aliphatic rings. The zero-order chi connectivity index (χ0) is 23.7. The van der Waals surface area contributed by atoms with Crippen molar-refractivity contribution in [2.75, 3.05) is 6.61 Å². The van der Waals surface area contributed by atoms with Crippen LogP contribution in [0.3, 0.4) is 0 Å². The van der Waals surface area contributed by atoms with Crippen LogP contribution in [-0.2, 0) is 14.1 Å². The summed E-state index contributed by atoms with van der Waals surface area (Å²) in [6.45, 7) is 7.32. The Balaban J connectivity index is 4.26. The van der Waals surface area contributed by atoms with E-state index in [1.54, 1.807) is 0 Å². The number of hydrogen-bond acceptors (Lipinski definition) is 3. The first-order valence-corrected chi connectivity index (χ1v) is 14.7. The predicted octanol–water partition coefficient (Wildman–Crippen LogP) is 9.57. The van der Waals surface area contributed by atoms with Crippen molar-refractivity contribution in [2.24, 2.45) is 5.92 Å². The molecule has 0 N–H and O–H groups in total. The maximum atomic E-state index is 12.5. The summed E-state index contributed by atoms with van der Waals surface area (Å²) in [5, 5.41) is 0. The van der Waals surface area contributed by atoms with E-state index >= 15 is 0 Å². The molecule has 0 fully saturated rings. The van der Waals surface area contributed by atoms with Gasteiger partial charge in [-0.25, -0.2) is 4.79 Å². The van der Waals surface area contributed by atoms with Crippen molar-refractivity contribution in [3.05, 3.63) is 0 Å². The van der Waals surface area contributed by atoms with Crippen molar-refractivity contribution >= 4 is 15.4 Å². The molecule has 192 valence electrons. The van der Waals surface area contributed by atoms with Crippen molar-refractivity contribution in [1.82, 2.24) is 0 Å². The molecule has 0 saturated carbocycles. The second-order valence-corrected chi connectivity index (χ2v) is 10.1. The van der Waals surface area contributed by atoms with Gasteiger partial charge in [0.25, 0.3) is 0 Å². The minimum atomic E-state index is -0.422. The first kappa shape index (κ1) is 31.9. The molecule has 0 radical (unpaired) electrons. The van der Waals surface area contributed by atoms with Crippen LogP contribution in [0.1, 0.15) is 156 Å². The number of hydrogen-bond donors (Lipinski definition) is 0. The molecule has 0 spiro atoms. The third-order valence-corrected chi connectivity index (χ3v) is 6.97. The lowest BCUT2D eigenvalue weighted by atomic mass is 9.94. The molecule has 0 saturated heterocycles. The largest absolute Gasteiger partial charge is 0.463 e. The second kappa shape index (κ2) is 25.5. The highest BCUT2D eigenvalue weighted by Crippen LogP contribution is 2.21. The Hall–Kier alpha value is -0.140. The van der Waals surface area contributed by atoms with Crippen LogP contribution >= 0.6 is 9.47 Å². The van der Waals surface area contributed by atoms with Gasteiger partial charge in [0.15, 0.2) is 6.10 Å². The van der Waals surface area contributed by atoms with E-state index in [2.05, 4.69) is 30.2 Å².